The third kappa shape index (κ3) is 8.61. The van der Waals surface area contributed by atoms with Crippen LogP contribution in [0.2, 0.25) is 0 Å². The number of aliphatic imine (C=N–C) groups is 1. The van der Waals surface area contributed by atoms with Gasteiger partial charge in [0, 0.05) is 38.2 Å². The van der Waals surface area contributed by atoms with E-state index in [9.17, 15) is 4.79 Å². The first-order valence-electron chi connectivity index (χ1n) is 11.1. The summed E-state index contributed by atoms with van der Waals surface area (Å²) in [5, 5.41) is 9.60. The number of amides is 1. The molecule has 1 aromatic carbocycles. The summed E-state index contributed by atoms with van der Waals surface area (Å²) < 4.78 is 10.9. The maximum absolute atomic E-state index is 12.2. The second kappa shape index (κ2) is 13.9. The predicted molar refractivity (Wildman–Crippen MR) is 121 cm³/mol. The summed E-state index contributed by atoms with van der Waals surface area (Å²) in [7, 11) is 1.66. The highest BCUT2D eigenvalue weighted by molar-refractivity contribution is 5.80. The van der Waals surface area contributed by atoms with Crippen LogP contribution in [-0.4, -0.2) is 51.8 Å². The first kappa shape index (κ1) is 24.0. The van der Waals surface area contributed by atoms with E-state index in [1.54, 1.807) is 7.11 Å². The van der Waals surface area contributed by atoms with Crippen LogP contribution in [0, 0.1) is 12.8 Å². The molecule has 0 radical (unpaired) electrons. The third-order valence-corrected chi connectivity index (χ3v) is 5.21. The van der Waals surface area contributed by atoms with Gasteiger partial charge in [-0.05, 0) is 38.3 Å². The fraction of sp³-hybridized carbons (Fsp3) is 0.652. The molecule has 1 fully saturated rings. The summed E-state index contributed by atoms with van der Waals surface area (Å²) in [6.07, 6.45) is 5.64. The van der Waals surface area contributed by atoms with Gasteiger partial charge >= 0.3 is 0 Å². The van der Waals surface area contributed by atoms with E-state index in [0.29, 0.717) is 32.8 Å². The second-order valence-corrected chi connectivity index (χ2v) is 7.70. The number of aryl methyl sites for hydroxylation is 1. The monoisotopic (exact) mass is 418 g/mol. The summed E-state index contributed by atoms with van der Waals surface area (Å²) in [5.74, 6) is 1.95. The van der Waals surface area contributed by atoms with Crippen molar-refractivity contribution in [2.45, 2.75) is 52.5 Å². The summed E-state index contributed by atoms with van der Waals surface area (Å²) in [6, 6.07) is 6.14. The Kier molecular flexibility index (Phi) is 11.1. The molecule has 0 aliphatic heterocycles. The Balaban J connectivity index is 1.84. The van der Waals surface area contributed by atoms with Crippen molar-refractivity contribution in [2.24, 2.45) is 10.9 Å². The number of ether oxygens (including phenoxy) is 2. The molecule has 1 aliphatic rings. The van der Waals surface area contributed by atoms with Crippen LogP contribution in [0.25, 0.3) is 0 Å². The second-order valence-electron chi connectivity index (χ2n) is 7.70. The van der Waals surface area contributed by atoms with E-state index < -0.39 is 0 Å². The highest BCUT2D eigenvalue weighted by Gasteiger charge is 2.20. The molecule has 0 atom stereocenters. The first-order valence-corrected chi connectivity index (χ1v) is 11.1. The molecular weight excluding hydrogens is 380 g/mol. The van der Waals surface area contributed by atoms with Crippen molar-refractivity contribution >= 4 is 11.9 Å². The van der Waals surface area contributed by atoms with Gasteiger partial charge in [-0.3, -0.25) is 4.79 Å². The molecule has 0 unspecified atom stereocenters. The average Bonchev–Trinajstić information content (AvgIpc) is 2.76. The van der Waals surface area contributed by atoms with E-state index in [2.05, 4.69) is 33.1 Å². The molecule has 168 valence electrons. The van der Waals surface area contributed by atoms with Crippen molar-refractivity contribution < 1.29 is 14.3 Å². The number of benzene rings is 1. The molecule has 1 aromatic rings. The van der Waals surface area contributed by atoms with Crippen LogP contribution in [0.15, 0.2) is 23.2 Å². The Labute approximate surface area is 181 Å². The number of carbonyl (C=O) groups excluding carboxylic acids is 1. The summed E-state index contributed by atoms with van der Waals surface area (Å²) in [4.78, 5) is 16.9. The molecule has 30 heavy (non-hydrogen) atoms. The number of hydrogen-bond acceptors (Lipinski definition) is 4. The number of rotatable bonds is 11. The van der Waals surface area contributed by atoms with Gasteiger partial charge in [0.1, 0.15) is 12.4 Å². The van der Waals surface area contributed by atoms with Crippen molar-refractivity contribution in [1.29, 1.82) is 0 Å². The van der Waals surface area contributed by atoms with Crippen LogP contribution in [-0.2, 0) is 16.1 Å². The van der Waals surface area contributed by atoms with Crippen molar-refractivity contribution in [1.82, 2.24) is 16.0 Å². The molecule has 3 N–H and O–H groups in total. The topological polar surface area (TPSA) is 84.0 Å². The molecule has 0 spiro atoms. The Morgan fingerprint density at radius 1 is 1.10 bits per heavy atom. The van der Waals surface area contributed by atoms with Gasteiger partial charge in [0.15, 0.2) is 5.96 Å². The Bertz CT molecular complexity index is 672. The number of guanidine groups is 1. The minimum Gasteiger partial charge on any atom is -0.491 e. The van der Waals surface area contributed by atoms with E-state index in [-0.39, 0.29) is 11.8 Å². The van der Waals surface area contributed by atoms with E-state index in [1.807, 2.05) is 19.9 Å². The SMILES string of the molecule is CCNC(=NCc1ccc(C)cc1OCCOC)NCCNC(=O)C1CCCCC1. The van der Waals surface area contributed by atoms with Gasteiger partial charge in [-0.1, -0.05) is 31.4 Å². The Morgan fingerprint density at radius 3 is 2.60 bits per heavy atom. The quantitative estimate of drug-likeness (QED) is 0.292. The van der Waals surface area contributed by atoms with E-state index in [0.717, 1.165) is 42.2 Å². The Hall–Kier alpha value is -2.28. The summed E-state index contributed by atoms with van der Waals surface area (Å²) in [6.45, 7) is 7.64. The zero-order chi connectivity index (χ0) is 21.6. The smallest absolute Gasteiger partial charge is 0.223 e. The summed E-state index contributed by atoms with van der Waals surface area (Å²) >= 11 is 0. The normalized spacial score (nSPS) is 15.0. The lowest BCUT2D eigenvalue weighted by Crippen LogP contribution is -2.42. The lowest BCUT2D eigenvalue weighted by atomic mass is 9.89. The van der Waals surface area contributed by atoms with Gasteiger partial charge in [-0.25, -0.2) is 4.99 Å². The van der Waals surface area contributed by atoms with Crippen molar-refractivity contribution in [3.8, 4) is 5.75 Å². The molecule has 1 saturated carbocycles. The zero-order valence-electron chi connectivity index (χ0n) is 18.8. The van der Waals surface area contributed by atoms with Crippen LogP contribution in [0.1, 0.15) is 50.2 Å². The molecule has 0 bridgehead atoms. The van der Waals surface area contributed by atoms with Crippen molar-refractivity contribution in [3.05, 3.63) is 29.3 Å². The molecule has 7 heteroatoms. The van der Waals surface area contributed by atoms with E-state index >= 15 is 0 Å². The summed E-state index contributed by atoms with van der Waals surface area (Å²) in [5.41, 5.74) is 2.17. The molecule has 2 rings (SSSR count). The standard InChI is InChI=1S/C23H38N4O3/c1-4-24-23(26-13-12-25-22(28)19-8-6-5-7-9-19)27-17-20-11-10-18(2)16-21(20)30-15-14-29-3/h10-11,16,19H,4-9,12-15,17H2,1-3H3,(H,25,28)(H2,24,26,27). The number of hydrogen-bond donors (Lipinski definition) is 3. The highest BCUT2D eigenvalue weighted by Crippen LogP contribution is 2.23. The minimum atomic E-state index is 0.191. The van der Waals surface area contributed by atoms with Gasteiger partial charge in [-0.2, -0.15) is 0 Å². The van der Waals surface area contributed by atoms with Crippen LogP contribution in [0.5, 0.6) is 5.75 Å². The van der Waals surface area contributed by atoms with Gasteiger partial charge in [-0.15, -0.1) is 0 Å². The maximum Gasteiger partial charge on any atom is 0.223 e. The van der Waals surface area contributed by atoms with E-state index in [4.69, 9.17) is 9.47 Å². The van der Waals surface area contributed by atoms with Crippen molar-refractivity contribution in [2.75, 3.05) is 40.0 Å². The molecule has 0 saturated heterocycles. The molecule has 1 aliphatic carbocycles. The largest absolute Gasteiger partial charge is 0.491 e. The zero-order valence-corrected chi connectivity index (χ0v) is 18.8. The predicted octanol–water partition coefficient (Wildman–Crippen LogP) is 2.77. The number of methoxy groups -OCH3 is 1. The number of nitrogens with one attached hydrogen (secondary N) is 3. The fourth-order valence-electron chi connectivity index (χ4n) is 3.54. The molecule has 7 nitrogen and oxygen atoms in total. The van der Waals surface area contributed by atoms with Crippen LogP contribution in [0.3, 0.4) is 0 Å². The maximum atomic E-state index is 12.2. The molecular formula is C23H38N4O3. The first-order chi connectivity index (χ1) is 14.6. The molecule has 0 heterocycles. The van der Waals surface area contributed by atoms with Crippen LogP contribution < -0.4 is 20.7 Å². The Morgan fingerprint density at radius 2 is 1.87 bits per heavy atom. The fourth-order valence-corrected chi connectivity index (χ4v) is 3.54. The third-order valence-electron chi connectivity index (χ3n) is 5.21. The van der Waals surface area contributed by atoms with Crippen LogP contribution >= 0.6 is 0 Å². The highest BCUT2D eigenvalue weighted by atomic mass is 16.5. The van der Waals surface area contributed by atoms with E-state index in [1.165, 1.54) is 19.3 Å². The molecule has 1 amide bonds. The average molecular weight is 419 g/mol. The lowest BCUT2D eigenvalue weighted by molar-refractivity contribution is -0.125. The van der Waals surface area contributed by atoms with Crippen molar-refractivity contribution in [3.63, 3.8) is 0 Å². The van der Waals surface area contributed by atoms with Gasteiger partial charge in [0.25, 0.3) is 0 Å². The van der Waals surface area contributed by atoms with Crippen LogP contribution in [0.4, 0.5) is 0 Å². The number of nitrogens with zero attached hydrogens (tertiary/aromatic N) is 1. The minimum absolute atomic E-state index is 0.191. The van der Waals surface area contributed by atoms with Gasteiger partial charge in [0.05, 0.1) is 13.2 Å². The van der Waals surface area contributed by atoms with Gasteiger partial charge in [0.2, 0.25) is 5.91 Å². The van der Waals surface area contributed by atoms with Gasteiger partial charge < -0.3 is 25.4 Å². The lowest BCUT2D eigenvalue weighted by Gasteiger charge is -2.21. The number of carbonyl (C=O) groups is 1. The molecule has 0 aromatic heterocycles.